The van der Waals surface area contributed by atoms with Crippen LogP contribution in [0.15, 0.2) is 46.9 Å². The Morgan fingerprint density at radius 2 is 1.76 bits per heavy atom. The van der Waals surface area contributed by atoms with Crippen molar-refractivity contribution in [3.63, 3.8) is 0 Å². The molecule has 3 nitrogen and oxygen atoms in total. The Morgan fingerprint density at radius 3 is 2.52 bits per heavy atom. The fraction of sp³-hybridized carbons (Fsp3) is 0.235. The predicted molar refractivity (Wildman–Crippen MR) is 85.6 cm³/mol. The zero-order valence-electron chi connectivity index (χ0n) is 11.8. The summed E-state index contributed by atoms with van der Waals surface area (Å²) in [6.45, 7) is 3.11. The van der Waals surface area contributed by atoms with Gasteiger partial charge in [0.25, 0.3) is 0 Å². The molecule has 0 unspecified atom stereocenters. The quantitative estimate of drug-likeness (QED) is 0.725. The Kier molecular flexibility index (Phi) is 5.65. The lowest BCUT2D eigenvalue weighted by Crippen LogP contribution is -2.06. The normalized spacial score (nSPS) is 9.95. The summed E-state index contributed by atoms with van der Waals surface area (Å²) in [6, 6.07) is 15.3. The number of hydrogen-bond acceptors (Lipinski definition) is 3. The Morgan fingerprint density at radius 1 is 1.05 bits per heavy atom. The number of para-hydroxylation sites is 1. The summed E-state index contributed by atoms with van der Waals surface area (Å²) in [4.78, 5) is 0. The van der Waals surface area contributed by atoms with Gasteiger partial charge in [-0.1, -0.05) is 34.1 Å². The molecule has 0 saturated carbocycles. The summed E-state index contributed by atoms with van der Waals surface area (Å²) >= 11 is 3.43. The Bertz CT molecular complexity index is 649. The van der Waals surface area contributed by atoms with Crippen LogP contribution < -0.4 is 9.47 Å². The number of hydrogen-bond donors (Lipinski definition) is 0. The van der Waals surface area contributed by atoms with E-state index in [1.54, 1.807) is 12.1 Å². The maximum atomic E-state index is 8.97. The lowest BCUT2D eigenvalue weighted by Gasteiger charge is -2.10. The largest absolute Gasteiger partial charge is 0.493 e. The van der Waals surface area contributed by atoms with Crippen molar-refractivity contribution in [2.75, 3.05) is 13.2 Å². The van der Waals surface area contributed by atoms with Crippen LogP contribution in [-0.4, -0.2) is 13.2 Å². The molecular formula is C17H16BrNO2. The molecule has 2 rings (SSSR count). The van der Waals surface area contributed by atoms with E-state index in [9.17, 15) is 0 Å². The van der Waals surface area contributed by atoms with Crippen LogP contribution in [0.5, 0.6) is 11.5 Å². The van der Waals surface area contributed by atoms with Crippen molar-refractivity contribution in [2.45, 2.75) is 13.3 Å². The molecule has 0 fully saturated rings. The highest BCUT2D eigenvalue weighted by atomic mass is 79.9. The summed E-state index contributed by atoms with van der Waals surface area (Å²) in [5.74, 6) is 1.50. The third kappa shape index (κ3) is 4.51. The van der Waals surface area contributed by atoms with Crippen LogP contribution >= 0.6 is 15.9 Å². The average Bonchev–Trinajstić information content (AvgIpc) is 2.50. The maximum absolute atomic E-state index is 8.97. The van der Waals surface area contributed by atoms with E-state index in [2.05, 4.69) is 22.0 Å². The highest BCUT2D eigenvalue weighted by Gasteiger charge is 2.03. The van der Waals surface area contributed by atoms with Crippen molar-refractivity contribution >= 4 is 15.9 Å². The van der Waals surface area contributed by atoms with E-state index in [4.69, 9.17) is 14.7 Å². The van der Waals surface area contributed by atoms with Crippen molar-refractivity contribution in [3.8, 4) is 17.6 Å². The summed E-state index contributed by atoms with van der Waals surface area (Å²) in [5, 5.41) is 8.97. The fourth-order valence-electron chi connectivity index (χ4n) is 1.84. The molecule has 108 valence electrons. The van der Waals surface area contributed by atoms with E-state index in [0.29, 0.717) is 24.5 Å². The highest BCUT2D eigenvalue weighted by Crippen LogP contribution is 2.23. The SMILES string of the molecule is Cc1ccc(Br)cc1OCCCOc1ccccc1C#N. The van der Waals surface area contributed by atoms with Gasteiger partial charge in [-0.15, -0.1) is 0 Å². The molecule has 0 spiro atoms. The minimum absolute atomic E-state index is 0.520. The molecule has 0 bridgehead atoms. The molecule has 2 aromatic rings. The molecule has 0 aromatic heterocycles. The average molecular weight is 346 g/mol. The van der Waals surface area contributed by atoms with Crippen LogP contribution in [0, 0.1) is 18.3 Å². The summed E-state index contributed by atoms with van der Waals surface area (Å²) in [5.41, 5.74) is 1.66. The smallest absolute Gasteiger partial charge is 0.137 e. The molecule has 2 aromatic carbocycles. The topological polar surface area (TPSA) is 42.2 Å². The van der Waals surface area contributed by atoms with Gasteiger partial charge in [-0.2, -0.15) is 5.26 Å². The maximum Gasteiger partial charge on any atom is 0.137 e. The number of nitrogens with zero attached hydrogens (tertiary/aromatic N) is 1. The number of halogens is 1. The second-order valence-electron chi connectivity index (χ2n) is 4.57. The van der Waals surface area contributed by atoms with Gasteiger partial charge >= 0.3 is 0 Å². The van der Waals surface area contributed by atoms with Crippen LogP contribution in [-0.2, 0) is 0 Å². The zero-order valence-corrected chi connectivity index (χ0v) is 13.4. The number of ether oxygens (including phenoxy) is 2. The molecule has 21 heavy (non-hydrogen) atoms. The molecule has 0 saturated heterocycles. The molecule has 0 radical (unpaired) electrons. The second-order valence-corrected chi connectivity index (χ2v) is 5.48. The number of nitriles is 1. The van der Waals surface area contributed by atoms with Crippen molar-refractivity contribution in [1.29, 1.82) is 5.26 Å². The molecule has 0 aliphatic heterocycles. The monoisotopic (exact) mass is 345 g/mol. The Hall–Kier alpha value is -1.99. The van der Waals surface area contributed by atoms with Gasteiger partial charge < -0.3 is 9.47 Å². The fourth-order valence-corrected chi connectivity index (χ4v) is 2.18. The zero-order chi connectivity index (χ0) is 15.1. The van der Waals surface area contributed by atoms with E-state index in [1.165, 1.54) is 0 Å². The Labute approximate surface area is 133 Å². The molecule has 0 heterocycles. The van der Waals surface area contributed by atoms with Gasteiger partial charge in [-0.25, -0.2) is 0 Å². The standard InChI is InChI=1S/C17H16BrNO2/c1-13-7-8-15(18)11-17(13)21-10-4-9-20-16-6-3-2-5-14(16)12-19/h2-3,5-8,11H,4,9-10H2,1H3. The van der Waals surface area contributed by atoms with Gasteiger partial charge in [0, 0.05) is 10.9 Å². The van der Waals surface area contributed by atoms with Crippen LogP contribution in [0.3, 0.4) is 0 Å². The summed E-state index contributed by atoms with van der Waals surface area (Å²) < 4.78 is 12.3. The lowest BCUT2D eigenvalue weighted by atomic mass is 10.2. The van der Waals surface area contributed by atoms with Gasteiger partial charge in [-0.05, 0) is 36.8 Å². The summed E-state index contributed by atoms with van der Waals surface area (Å²) in [6.07, 6.45) is 0.756. The first-order chi connectivity index (χ1) is 10.2. The van der Waals surface area contributed by atoms with Crippen molar-refractivity contribution < 1.29 is 9.47 Å². The predicted octanol–water partition coefficient (Wildman–Crippen LogP) is 4.48. The summed E-state index contributed by atoms with van der Waals surface area (Å²) in [7, 11) is 0. The van der Waals surface area contributed by atoms with Gasteiger partial charge in [-0.3, -0.25) is 0 Å². The molecule has 0 aliphatic carbocycles. The van der Waals surface area contributed by atoms with E-state index >= 15 is 0 Å². The first-order valence-electron chi connectivity index (χ1n) is 6.71. The minimum Gasteiger partial charge on any atom is -0.493 e. The van der Waals surface area contributed by atoms with Crippen molar-refractivity contribution in [2.24, 2.45) is 0 Å². The molecule has 0 aliphatic rings. The van der Waals surface area contributed by atoms with Gasteiger partial charge in [0.1, 0.15) is 17.6 Å². The second kappa shape index (κ2) is 7.70. The molecule has 4 heteroatoms. The number of rotatable bonds is 6. The van der Waals surface area contributed by atoms with Crippen LogP contribution in [0.25, 0.3) is 0 Å². The molecule has 0 amide bonds. The van der Waals surface area contributed by atoms with E-state index in [-0.39, 0.29) is 0 Å². The number of benzene rings is 2. The van der Waals surface area contributed by atoms with Crippen molar-refractivity contribution in [3.05, 3.63) is 58.1 Å². The van der Waals surface area contributed by atoms with Crippen LogP contribution in [0.1, 0.15) is 17.5 Å². The Balaban J connectivity index is 1.78. The van der Waals surface area contributed by atoms with E-state index in [1.807, 2.05) is 37.3 Å². The first-order valence-corrected chi connectivity index (χ1v) is 7.51. The molecular weight excluding hydrogens is 330 g/mol. The van der Waals surface area contributed by atoms with E-state index in [0.717, 1.165) is 22.2 Å². The van der Waals surface area contributed by atoms with E-state index < -0.39 is 0 Å². The number of aryl methyl sites for hydroxylation is 1. The lowest BCUT2D eigenvalue weighted by molar-refractivity contribution is 0.246. The third-order valence-corrected chi connectivity index (χ3v) is 3.45. The minimum atomic E-state index is 0.520. The van der Waals surface area contributed by atoms with Crippen LogP contribution in [0.4, 0.5) is 0 Å². The molecule has 0 N–H and O–H groups in total. The highest BCUT2D eigenvalue weighted by molar-refractivity contribution is 9.10. The third-order valence-electron chi connectivity index (χ3n) is 2.96. The van der Waals surface area contributed by atoms with Gasteiger partial charge in [0.15, 0.2) is 0 Å². The van der Waals surface area contributed by atoms with Gasteiger partial charge in [0.05, 0.1) is 18.8 Å². The molecule has 0 atom stereocenters. The first kappa shape index (κ1) is 15.4. The van der Waals surface area contributed by atoms with Gasteiger partial charge in [0.2, 0.25) is 0 Å². The van der Waals surface area contributed by atoms with Crippen molar-refractivity contribution in [1.82, 2.24) is 0 Å². The van der Waals surface area contributed by atoms with Crippen LogP contribution in [0.2, 0.25) is 0 Å².